The molecule has 2 rings (SSSR count). The lowest BCUT2D eigenvalue weighted by molar-refractivity contribution is 0.402. The van der Waals surface area contributed by atoms with Gasteiger partial charge in [-0.2, -0.15) is 10.5 Å². The van der Waals surface area contributed by atoms with E-state index in [0.717, 1.165) is 17.3 Å². The molecule has 2 aromatic carbocycles. The Morgan fingerprint density at radius 3 is 2.19 bits per heavy atom. The number of nitrogens with zero attached hydrogens (tertiary/aromatic N) is 3. The summed E-state index contributed by atoms with van der Waals surface area (Å²) < 4.78 is 0. The molecular formula is C16H13N3O2. The first-order valence-electron chi connectivity index (χ1n) is 6.19. The third kappa shape index (κ3) is 2.45. The first-order chi connectivity index (χ1) is 9.99. The van der Waals surface area contributed by atoms with Crippen LogP contribution in [0.2, 0.25) is 0 Å². The molecule has 104 valence electrons. The average Bonchev–Trinajstić information content (AvgIpc) is 2.49. The van der Waals surface area contributed by atoms with Gasteiger partial charge in [0, 0.05) is 18.8 Å². The first kappa shape index (κ1) is 14.2. The number of aromatic hydroxyl groups is 2. The number of hydrogen-bond donors (Lipinski definition) is 2. The minimum atomic E-state index is -0.523. The van der Waals surface area contributed by atoms with Crippen LogP contribution < -0.4 is 4.90 Å². The molecule has 0 amide bonds. The van der Waals surface area contributed by atoms with Crippen LogP contribution in [0.1, 0.15) is 16.7 Å². The number of rotatable bonds is 2. The lowest BCUT2D eigenvalue weighted by atomic mass is 10.0. The van der Waals surface area contributed by atoms with Gasteiger partial charge in [-0.3, -0.25) is 0 Å². The van der Waals surface area contributed by atoms with Crippen molar-refractivity contribution in [1.82, 2.24) is 0 Å². The van der Waals surface area contributed by atoms with Gasteiger partial charge in [-0.25, -0.2) is 0 Å². The summed E-state index contributed by atoms with van der Waals surface area (Å²) >= 11 is 0. The highest BCUT2D eigenvalue weighted by Gasteiger charge is 2.21. The zero-order valence-corrected chi connectivity index (χ0v) is 11.6. The summed E-state index contributed by atoms with van der Waals surface area (Å²) in [6.45, 7) is 1.96. The van der Waals surface area contributed by atoms with Crippen molar-refractivity contribution in [2.75, 3.05) is 11.9 Å². The van der Waals surface area contributed by atoms with Crippen LogP contribution >= 0.6 is 0 Å². The quantitative estimate of drug-likeness (QED) is 0.825. The van der Waals surface area contributed by atoms with E-state index in [1.165, 1.54) is 0 Å². The van der Waals surface area contributed by atoms with Gasteiger partial charge in [-0.05, 0) is 19.1 Å². The Hall–Kier alpha value is -3.18. The molecule has 5 nitrogen and oxygen atoms in total. The fourth-order valence-corrected chi connectivity index (χ4v) is 2.09. The molecule has 0 radical (unpaired) electrons. The van der Waals surface area contributed by atoms with E-state index in [1.54, 1.807) is 11.9 Å². The van der Waals surface area contributed by atoms with Crippen LogP contribution in [0.3, 0.4) is 0 Å². The van der Waals surface area contributed by atoms with Crippen molar-refractivity contribution >= 4 is 11.4 Å². The molecule has 0 saturated heterocycles. The highest BCUT2D eigenvalue weighted by Crippen LogP contribution is 2.40. The van der Waals surface area contributed by atoms with Crippen LogP contribution in [0.5, 0.6) is 11.5 Å². The summed E-state index contributed by atoms with van der Waals surface area (Å²) in [7, 11) is 1.69. The van der Waals surface area contributed by atoms with Gasteiger partial charge < -0.3 is 15.1 Å². The maximum Gasteiger partial charge on any atom is 0.177 e. The van der Waals surface area contributed by atoms with E-state index in [9.17, 15) is 20.7 Å². The van der Waals surface area contributed by atoms with E-state index in [1.807, 2.05) is 43.3 Å². The van der Waals surface area contributed by atoms with E-state index < -0.39 is 11.5 Å². The van der Waals surface area contributed by atoms with Gasteiger partial charge in [0.2, 0.25) is 0 Å². The molecule has 2 aromatic rings. The number of aryl methyl sites for hydroxylation is 1. The van der Waals surface area contributed by atoms with Crippen molar-refractivity contribution in [2.24, 2.45) is 0 Å². The van der Waals surface area contributed by atoms with Gasteiger partial charge in [0.05, 0.1) is 11.3 Å². The van der Waals surface area contributed by atoms with Gasteiger partial charge >= 0.3 is 0 Å². The first-order valence-corrected chi connectivity index (χ1v) is 6.19. The second kappa shape index (κ2) is 5.44. The largest absolute Gasteiger partial charge is 0.504 e. The molecule has 0 saturated carbocycles. The zero-order valence-electron chi connectivity index (χ0n) is 11.6. The zero-order chi connectivity index (χ0) is 15.6. The van der Waals surface area contributed by atoms with Crippen molar-refractivity contribution in [3.8, 4) is 23.6 Å². The molecule has 5 heteroatoms. The summed E-state index contributed by atoms with van der Waals surface area (Å²) in [6.07, 6.45) is 0. The van der Waals surface area contributed by atoms with Gasteiger partial charge in [-0.1, -0.05) is 17.7 Å². The fraction of sp³-hybridized carbons (Fsp3) is 0.125. The Bertz CT molecular complexity index is 768. The van der Waals surface area contributed by atoms with Crippen molar-refractivity contribution in [2.45, 2.75) is 6.92 Å². The summed E-state index contributed by atoms with van der Waals surface area (Å²) in [4.78, 5) is 1.63. The molecular weight excluding hydrogens is 266 g/mol. The Balaban J connectivity index is 2.68. The second-order valence-corrected chi connectivity index (χ2v) is 4.63. The number of nitriles is 2. The summed E-state index contributed by atoms with van der Waals surface area (Å²) in [5, 5.41) is 37.9. The van der Waals surface area contributed by atoms with Gasteiger partial charge in [0.15, 0.2) is 11.5 Å². The predicted molar refractivity (Wildman–Crippen MR) is 78.4 cm³/mol. The number of phenolic OH excluding ortho intramolecular Hbond substituents is 2. The van der Waals surface area contributed by atoms with Gasteiger partial charge in [0.25, 0.3) is 0 Å². The molecule has 2 N–H and O–H groups in total. The van der Waals surface area contributed by atoms with Crippen LogP contribution in [0.15, 0.2) is 30.3 Å². The lowest BCUT2D eigenvalue weighted by Crippen LogP contribution is -2.13. The second-order valence-electron chi connectivity index (χ2n) is 4.63. The number of anilines is 2. The molecule has 0 unspecified atom stereocenters. The minimum Gasteiger partial charge on any atom is -0.504 e. The van der Waals surface area contributed by atoms with Crippen LogP contribution in [-0.2, 0) is 0 Å². The molecule has 0 aliphatic rings. The van der Waals surface area contributed by atoms with Crippen molar-refractivity contribution in [3.05, 3.63) is 47.0 Å². The van der Waals surface area contributed by atoms with E-state index in [2.05, 4.69) is 0 Å². The normalized spacial score (nSPS) is 9.71. The molecule has 0 heterocycles. The molecule has 0 spiro atoms. The molecule has 21 heavy (non-hydrogen) atoms. The maximum absolute atomic E-state index is 9.83. The number of hydrogen-bond acceptors (Lipinski definition) is 5. The molecule has 0 aromatic heterocycles. The molecule has 0 atom stereocenters. The Kier molecular flexibility index (Phi) is 3.69. The molecule has 0 bridgehead atoms. The molecule has 0 aliphatic heterocycles. The van der Waals surface area contributed by atoms with Crippen LogP contribution in [0.4, 0.5) is 11.4 Å². The maximum atomic E-state index is 9.83. The smallest absolute Gasteiger partial charge is 0.177 e. The van der Waals surface area contributed by atoms with Crippen molar-refractivity contribution < 1.29 is 10.2 Å². The third-order valence-electron chi connectivity index (χ3n) is 3.24. The highest BCUT2D eigenvalue weighted by molar-refractivity contribution is 5.79. The van der Waals surface area contributed by atoms with Crippen molar-refractivity contribution in [1.29, 1.82) is 10.5 Å². The standard InChI is InChI=1S/C16H13N3O2/c1-10-3-5-12(6-4-10)19(2)15-11(8-17)7-14(20)16(21)13(15)9-18/h3-7,20-21H,1-2H3. The Labute approximate surface area is 122 Å². The van der Waals surface area contributed by atoms with Crippen LogP contribution in [0, 0.1) is 29.6 Å². The highest BCUT2D eigenvalue weighted by atomic mass is 16.3. The Morgan fingerprint density at radius 1 is 1.05 bits per heavy atom. The third-order valence-corrected chi connectivity index (χ3v) is 3.24. The average molecular weight is 279 g/mol. The van der Waals surface area contributed by atoms with Crippen LogP contribution in [0.25, 0.3) is 0 Å². The van der Waals surface area contributed by atoms with E-state index in [0.29, 0.717) is 0 Å². The minimum absolute atomic E-state index is 0.116. The molecule has 0 fully saturated rings. The predicted octanol–water partition coefficient (Wildman–Crippen LogP) is 2.92. The van der Waals surface area contributed by atoms with Gasteiger partial charge in [0.1, 0.15) is 17.7 Å². The van der Waals surface area contributed by atoms with Crippen molar-refractivity contribution in [3.63, 3.8) is 0 Å². The lowest BCUT2D eigenvalue weighted by Gasteiger charge is -2.22. The Morgan fingerprint density at radius 2 is 1.67 bits per heavy atom. The van der Waals surface area contributed by atoms with E-state index in [-0.39, 0.29) is 16.8 Å². The SMILES string of the molecule is Cc1ccc(N(C)c2c(C#N)cc(O)c(O)c2C#N)cc1. The summed E-state index contributed by atoms with van der Waals surface area (Å²) in [5.41, 5.74) is 2.10. The van der Waals surface area contributed by atoms with E-state index in [4.69, 9.17) is 0 Å². The number of phenols is 2. The number of benzene rings is 2. The summed E-state index contributed by atoms with van der Waals surface area (Å²) in [5.74, 6) is -1.00. The topological polar surface area (TPSA) is 91.3 Å². The van der Waals surface area contributed by atoms with E-state index >= 15 is 0 Å². The summed E-state index contributed by atoms with van der Waals surface area (Å²) in [6, 6.07) is 12.4. The van der Waals surface area contributed by atoms with Gasteiger partial charge in [-0.15, -0.1) is 0 Å². The molecule has 0 aliphatic carbocycles. The monoisotopic (exact) mass is 279 g/mol. The fourth-order valence-electron chi connectivity index (χ4n) is 2.09. The van der Waals surface area contributed by atoms with Crippen LogP contribution in [-0.4, -0.2) is 17.3 Å².